The highest BCUT2D eigenvalue weighted by Gasteiger charge is 2.30. The van der Waals surface area contributed by atoms with E-state index in [1.807, 2.05) is 30.3 Å². The number of aromatic nitrogens is 4. The van der Waals surface area contributed by atoms with Gasteiger partial charge in [-0.05, 0) is 55.8 Å². The maximum Gasteiger partial charge on any atom is 0.286 e. The summed E-state index contributed by atoms with van der Waals surface area (Å²) in [5, 5.41) is 8.58. The number of hydrogen-bond acceptors (Lipinski definition) is 4. The number of aryl methyl sites for hydroxylation is 2. The number of rotatable bonds is 3. The first kappa shape index (κ1) is 16.9. The second kappa shape index (κ2) is 5.86. The Hall–Kier alpha value is -1.93. The molecule has 6 nitrogen and oxygen atoms in total. The topological polar surface area (TPSA) is 69.8 Å². The van der Waals surface area contributed by atoms with Crippen molar-refractivity contribution in [2.24, 2.45) is 0 Å². The number of halogens is 1. The average molecular weight is 409 g/mol. The average Bonchev–Trinajstić information content (AvgIpc) is 2.99. The smallest absolute Gasteiger partial charge is 0.236 e. The van der Waals surface area contributed by atoms with Crippen LogP contribution in [0.4, 0.5) is 0 Å². The summed E-state index contributed by atoms with van der Waals surface area (Å²) >= 11 is 3.38. The molecule has 1 aromatic carbocycles. The fraction of sp³-hybridized carbons (Fsp3) is 0.250. The Morgan fingerprint density at radius 3 is 2.08 bits per heavy atom. The summed E-state index contributed by atoms with van der Waals surface area (Å²) in [5.74, 6) is 0. The molecule has 0 bridgehead atoms. The standard InChI is InChI=1S/C16H17BrN4O2S/c1-10-15(17)12(3)21(19-10)24(22,23)16-11(2)18-20(13(16)4)14-8-6-5-7-9-14/h5-9H,1-4H3. The van der Waals surface area contributed by atoms with E-state index in [0.717, 1.165) is 9.77 Å². The molecule has 0 aliphatic heterocycles. The molecule has 0 unspecified atom stereocenters. The summed E-state index contributed by atoms with van der Waals surface area (Å²) in [6.07, 6.45) is 0. The molecule has 0 saturated heterocycles. The third kappa shape index (κ3) is 2.50. The van der Waals surface area contributed by atoms with Gasteiger partial charge in [0.2, 0.25) is 0 Å². The van der Waals surface area contributed by atoms with Crippen molar-refractivity contribution in [3.05, 3.63) is 57.6 Å². The van der Waals surface area contributed by atoms with Gasteiger partial charge in [-0.2, -0.15) is 22.7 Å². The molecule has 2 aromatic heterocycles. The lowest BCUT2D eigenvalue weighted by atomic mass is 10.3. The first-order valence-corrected chi connectivity index (χ1v) is 9.57. The summed E-state index contributed by atoms with van der Waals surface area (Å²) < 4.78 is 29.7. The lowest BCUT2D eigenvalue weighted by Crippen LogP contribution is -2.18. The van der Waals surface area contributed by atoms with Crippen LogP contribution in [0.1, 0.15) is 22.8 Å². The fourth-order valence-corrected chi connectivity index (χ4v) is 4.84. The molecule has 0 fully saturated rings. The van der Waals surface area contributed by atoms with E-state index in [4.69, 9.17) is 0 Å². The van der Waals surface area contributed by atoms with E-state index in [0.29, 0.717) is 27.2 Å². The van der Waals surface area contributed by atoms with Gasteiger partial charge in [0.15, 0.2) is 0 Å². The van der Waals surface area contributed by atoms with Crippen molar-refractivity contribution in [3.63, 3.8) is 0 Å². The van der Waals surface area contributed by atoms with Gasteiger partial charge in [0, 0.05) is 0 Å². The normalized spacial score (nSPS) is 11.9. The van der Waals surface area contributed by atoms with Gasteiger partial charge in [0.05, 0.1) is 32.9 Å². The highest BCUT2D eigenvalue weighted by atomic mass is 79.9. The lowest BCUT2D eigenvalue weighted by Gasteiger charge is -2.08. The molecule has 126 valence electrons. The zero-order chi connectivity index (χ0) is 17.6. The van der Waals surface area contributed by atoms with Gasteiger partial charge in [-0.25, -0.2) is 4.68 Å². The van der Waals surface area contributed by atoms with E-state index in [2.05, 4.69) is 26.1 Å². The Morgan fingerprint density at radius 1 is 0.917 bits per heavy atom. The van der Waals surface area contributed by atoms with Crippen molar-refractivity contribution in [1.82, 2.24) is 19.0 Å². The van der Waals surface area contributed by atoms with Crippen LogP contribution < -0.4 is 0 Å². The minimum Gasteiger partial charge on any atom is -0.236 e. The van der Waals surface area contributed by atoms with E-state index in [1.165, 1.54) is 0 Å². The third-order valence-electron chi connectivity index (χ3n) is 3.87. The number of hydrogen-bond donors (Lipinski definition) is 0. The molecule has 0 aliphatic rings. The molecule has 8 heteroatoms. The van der Waals surface area contributed by atoms with Crippen molar-refractivity contribution in [2.45, 2.75) is 32.6 Å². The van der Waals surface area contributed by atoms with Crippen LogP contribution >= 0.6 is 15.9 Å². The Kier molecular flexibility index (Phi) is 4.13. The van der Waals surface area contributed by atoms with Crippen molar-refractivity contribution in [2.75, 3.05) is 0 Å². The predicted octanol–water partition coefficient (Wildman–Crippen LogP) is 3.30. The second-order valence-corrected chi connectivity index (χ2v) is 8.08. The molecule has 0 atom stereocenters. The Balaban J connectivity index is 2.23. The van der Waals surface area contributed by atoms with Gasteiger partial charge in [0.25, 0.3) is 10.0 Å². The van der Waals surface area contributed by atoms with Crippen LogP contribution in [-0.4, -0.2) is 27.4 Å². The zero-order valence-corrected chi connectivity index (χ0v) is 16.2. The molecule has 0 saturated carbocycles. The number of nitrogens with zero attached hydrogens (tertiary/aromatic N) is 4. The summed E-state index contributed by atoms with van der Waals surface area (Å²) in [6, 6.07) is 9.45. The molecule has 0 radical (unpaired) electrons. The fourth-order valence-electron chi connectivity index (χ4n) is 2.74. The highest BCUT2D eigenvalue weighted by Crippen LogP contribution is 2.28. The minimum atomic E-state index is -3.83. The molecule has 24 heavy (non-hydrogen) atoms. The van der Waals surface area contributed by atoms with Gasteiger partial charge >= 0.3 is 0 Å². The summed E-state index contributed by atoms with van der Waals surface area (Å²) in [7, 11) is -3.83. The maximum atomic E-state index is 13.1. The van der Waals surface area contributed by atoms with Gasteiger partial charge in [0.1, 0.15) is 4.90 Å². The number of benzene rings is 1. The van der Waals surface area contributed by atoms with Crippen molar-refractivity contribution >= 4 is 26.0 Å². The molecule has 2 heterocycles. The molecular weight excluding hydrogens is 392 g/mol. The third-order valence-corrected chi connectivity index (χ3v) is 6.94. The van der Waals surface area contributed by atoms with Gasteiger partial charge in [-0.1, -0.05) is 18.2 Å². The SMILES string of the molecule is Cc1nn(S(=O)(=O)c2c(C)nn(-c3ccccc3)c2C)c(C)c1Br. The predicted molar refractivity (Wildman–Crippen MR) is 95.0 cm³/mol. The molecule has 0 N–H and O–H groups in total. The first-order chi connectivity index (χ1) is 11.2. The van der Waals surface area contributed by atoms with Crippen molar-refractivity contribution in [3.8, 4) is 5.69 Å². The molecule has 3 aromatic rings. The van der Waals surface area contributed by atoms with E-state index in [-0.39, 0.29) is 4.90 Å². The maximum absolute atomic E-state index is 13.1. The summed E-state index contributed by atoms with van der Waals surface area (Å²) in [6.45, 7) is 6.92. The molecule has 3 rings (SSSR count). The minimum absolute atomic E-state index is 0.185. The van der Waals surface area contributed by atoms with Crippen LogP contribution in [0.5, 0.6) is 0 Å². The van der Waals surface area contributed by atoms with E-state index >= 15 is 0 Å². The monoisotopic (exact) mass is 408 g/mol. The van der Waals surface area contributed by atoms with Crippen LogP contribution in [0.15, 0.2) is 39.7 Å². The Labute approximate surface area is 149 Å². The summed E-state index contributed by atoms with van der Waals surface area (Å²) in [4.78, 5) is 0.185. The van der Waals surface area contributed by atoms with Gasteiger partial charge < -0.3 is 0 Å². The molecule has 0 spiro atoms. The van der Waals surface area contributed by atoms with Crippen molar-refractivity contribution in [1.29, 1.82) is 0 Å². The van der Waals surface area contributed by atoms with E-state index in [1.54, 1.807) is 32.4 Å². The quantitative estimate of drug-likeness (QED) is 0.666. The molecular formula is C16H17BrN4O2S. The van der Waals surface area contributed by atoms with Gasteiger partial charge in [-0.15, -0.1) is 0 Å². The van der Waals surface area contributed by atoms with Crippen molar-refractivity contribution < 1.29 is 8.42 Å². The highest BCUT2D eigenvalue weighted by molar-refractivity contribution is 9.10. The first-order valence-electron chi connectivity index (χ1n) is 7.34. The van der Waals surface area contributed by atoms with Crippen LogP contribution in [-0.2, 0) is 10.0 Å². The Morgan fingerprint density at radius 2 is 1.54 bits per heavy atom. The zero-order valence-electron chi connectivity index (χ0n) is 13.8. The number of para-hydroxylation sites is 1. The second-order valence-electron chi connectivity index (χ2n) is 5.58. The lowest BCUT2D eigenvalue weighted by molar-refractivity contribution is 0.576. The van der Waals surface area contributed by atoms with Crippen LogP contribution in [0.3, 0.4) is 0 Å². The van der Waals surface area contributed by atoms with Gasteiger partial charge in [-0.3, -0.25) is 0 Å². The van der Waals surface area contributed by atoms with Crippen LogP contribution in [0.25, 0.3) is 5.69 Å². The van der Waals surface area contributed by atoms with E-state index < -0.39 is 10.0 Å². The molecule has 0 amide bonds. The van der Waals surface area contributed by atoms with Crippen LogP contribution in [0.2, 0.25) is 0 Å². The van der Waals surface area contributed by atoms with Crippen LogP contribution in [0, 0.1) is 27.7 Å². The Bertz CT molecular complexity index is 1020. The van der Waals surface area contributed by atoms with E-state index in [9.17, 15) is 8.42 Å². The largest absolute Gasteiger partial charge is 0.286 e. The summed E-state index contributed by atoms with van der Waals surface area (Å²) in [5.41, 5.74) is 2.98. The molecule has 0 aliphatic carbocycles.